The number of rotatable bonds is 6. The van der Waals surface area contributed by atoms with E-state index in [1.807, 2.05) is 19.1 Å². The minimum atomic E-state index is -3.63. The van der Waals surface area contributed by atoms with E-state index in [9.17, 15) is 13.2 Å². The van der Waals surface area contributed by atoms with Crippen molar-refractivity contribution in [3.63, 3.8) is 0 Å². The predicted octanol–water partition coefficient (Wildman–Crippen LogP) is 1.44. The number of carbonyl (C=O) groups is 1. The standard InChI is InChI=1S/C15H21NO5S/c1-12-4-2-3-5-13(12)11-22(19,20)16-15(10-14(17)18)6-8-21-9-7-15/h2-5,16H,6-11H2,1H3,(H,17,18). The molecule has 1 heterocycles. The highest BCUT2D eigenvalue weighted by Gasteiger charge is 2.38. The van der Waals surface area contributed by atoms with Crippen LogP contribution < -0.4 is 4.72 Å². The fraction of sp³-hybridized carbons (Fsp3) is 0.533. The molecule has 1 aliphatic rings. The molecule has 1 fully saturated rings. The average Bonchev–Trinajstić information content (AvgIpc) is 2.40. The van der Waals surface area contributed by atoms with Gasteiger partial charge in [0.25, 0.3) is 0 Å². The van der Waals surface area contributed by atoms with E-state index in [-0.39, 0.29) is 12.2 Å². The third kappa shape index (κ3) is 4.53. The van der Waals surface area contributed by atoms with Crippen LogP contribution in [-0.4, -0.2) is 38.2 Å². The molecule has 0 atom stereocenters. The Morgan fingerprint density at radius 1 is 1.32 bits per heavy atom. The van der Waals surface area contributed by atoms with E-state index in [0.29, 0.717) is 31.6 Å². The Labute approximate surface area is 130 Å². The molecule has 122 valence electrons. The minimum absolute atomic E-state index is 0.151. The molecule has 1 aliphatic heterocycles. The summed E-state index contributed by atoms with van der Waals surface area (Å²) in [7, 11) is -3.63. The van der Waals surface area contributed by atoms with Crippen molar-refractivity contribution in [3.8, 4) is 0 Å². The summed E-state index contributed by atoms with van der Waals surface area (Å²) in [6.45, 7) is 2.58. The van der Waals surface area contributed by atoms with Crippen molar-refractivity contribution in [2.75, 3.05) is 13.2 Å². The zero-order valence-electron chi connectivity index (χ0n) is 12.5. The second-order valence-corrected chi connectivity index (χ2v) is 7.47. The highest BCUT2D eigenvalue weighted by Crippen LogP contribution is 2.26. The molecule has 2 rings (SSSR count). The first-order chi connectivity index (χ1) is 10.3. The summed E-state index contributed by atoms with van der Waals surface area (Å²) in [4.78, 5) is 11.1. The molecule has 0 spiro atoms. The smallest absolute Gasteiger partial charge is 0.305 e. The van der Waals surface area contributed by atoms with Gasteiger partial charge in [0.2, 0.25) is 10.0 Å². The maximum Gasteiger partial charge on any atom is 0.305 e. The Morgan fingerprint density at radius 3 is 2.55 bits per heavy atom. The van der Waals surface area contributed by atoms with Crippen LogP contribution in [0, 0.1) is 6.92 Å². The van der Waals surface area contributed by atoms with Gasteiger partial charge in [-0.1, -0.05) is 24.3 Å². The van der Waals surface area contributed by atoms with E-state index in [0.717, 1.165) is 5.56 Å². The molecule has 0 amide bonds. The third-order valence-corrected chi connectivity index (χ3v) is 5.35. The van der Waals surface area contributed by atoms with E-state index in [1.54, 1.807) is 12.1 Å². The maximum atomic E-state index is 12.5. The fourth-order valence-corrected chi connectivity index (χ4v) is 4.45. The molecule has 0 aliphatic carbocycles. The van der Waals surface area contributed by atoms with Gasteiger partial charge >= 0.3 is 5.97 Å². The van der Waals surface area contributed by atoms with Gasteiger partial charge in [-0.05, 0) is 30.9 Å². The van der Waals surface area contributed by atoms with Crippen molar-refractivity contribution in [3.05, 3.63) is 35.4 Å². The topological polar surface area (TPSA) is 92.7 Å². The number of sulfonamides is 1. The highest BCUT2D eigenvalue weighted by atomic mass is 32.2. The van der Waals surface area contributed by atoms with E-state index in [1.165, 1.54) is 0 Å². The van der Waals surface area contributed by atoms with Crippen molar-refractivity contribution in [1.82, 2.24) is 4.72 Å². The van der Waals surface area contributed by atoms with Crippen LogP contribution in [0.15, 0.2) is 24.3 Å². The molecule has 7 heteroatoms. The van der Waals surface area contributed by atoms with Crippen LogP contribution in [0.2, 0.25) is 0 Å². The number of hydrogen-bond acceptors (Lipinski definition) is 4. The average molecular weight is 327 g/mol. The van der Waals surface area contributed by atoms with Crippen molar-refractivity contribution in [2.24, 2.45) is 0 Å². The van der Waals surface area contributed by atoms with Crippen LogP contribution in [0.4, 0.5) is 0 Å². The van der Waals surface area contributed by atoms with Gasteiger partial charge in [0.15, 0.2) is 0 Å². The van der Waals surface area contributed by atoms with Gasteiger partial charge in [-0.3, -0.25) is 4.79 Å². The Balaban J connectivity index is 2.17. The second kappa shape index (κ2) is 6.76. The number of hydrogen-bond donors (Lipinski definition) is 2. The first-order valence-electron chi connectivity index (χ1n) is 7.18. The van der Waals surface area contributed by atoms with Crippen molar-refractivity contribution in [2.45, 2.75) is 37.5 Å². The molecular weight excluding hydrogens is 306 g/mol. The summed E-state index contributed by atoms with van der Waals surface area (Å²) >= 11 is 0. The lowest BCUT2D eigenvalue weighted by Crippen LogP contribution is -2.53. The first-order valence-corrected chi connectivity index (χ1v) is 8.83. The van der Waals surface area contributed by atoms with Gasteiger partial charge in [0.05, 0.1) is 12.2 Å². The van der Waals surface area contributed by atoms with Crippen LogP contribution in [-0.2, 0) is 25.3 Å². The molecule has 0 bridgehead atoms. The van der Waals surface area contributed by atoms with Gasteiger partial charge in [0.1, 0.15) is 0 Å². The SMILES string of the molecule is Cc1ccccc1CS(=O)(=O)NC1(CC(=O)O)CCOCC1. The first kappa shape index (κ1) is 16.9. The Morgan fingerprint density at radius 2 is 1.95 bits per heavy atom. The number of carboxylic acids is 1. The summed E-state index contributed by atoms with van der Waals surface area (Å²) in [6, 6.07) is 7.26. The van der Waals surface area contributed by atoms with E-state index in [2.05, 4.69) is 4.72 Å². The molecule has 2 N–H and O–H groups in total. The van der Waals surface area contributed by atoms with E-state index in [4.69, 9.17) is 9.84 Å². The van der Waals surface area contributed by atoms with Gasteiger partial charge in [0, 0.05) is 18.8 Å². The number of nitrogens with one attached hydrogen (secondary N) is 1. The molecule has 0 radical (unpaired) electrons. The van der Waals surface area contributed by atoms with Gasteiger partial charge in [-0.2, -0.15) is 0 Å². The van der Waals surface area contributed by atoms with Crippen molar-refractivity contribution >= 4 is 16.0 Å². The molecule has 0 saturated carbocycles. The summed E-state index contributed by atoms with van der Waals surface area (Å²) in [5.41, 5.74) is 0.658. The second-order valence-electron chi connectivity index (χ2n) is 5.75. The molecule has 22 heavy (non-hydrogen) atoms. The maximum absolute atomic E-state index is 12.5. The third-order valence-electron chi connectivity index (χ3n) is 3.92. The summed E-state index contributed by atoms with van der Waals surface area (Å²) in [5.74, 6) is -1.16. The van der Waals surface area contributed by atoms with E-state index < -0.39 is 21.5 Å². The van der Waals surface area contributed by atoms with Gasteiger partial charge in [-0.15, -0.1) is 0 Å². The quantitative estimate of drug-likeness (QED) is 0.825. The number of aliphatic carboxylic acids is 1. The summed E-state index contributed by atoms with van der Waals surface area (Å²) in [6.07, 6.45) is 0.502. The lowest BCUT2D eigenvalue weighted by molar-refractivity contribution is -0.139. The fourth-order valence-electron chi connectivity index (χ4n) is 2.71. The summed E-state index contributed by atoms with van der Waals surface area (Å²) in [5, 5.41) is 9.09. The zero-order valence-corrected chi connectivity index (χ0v) is 13.4. The van der Waals surface area contributed by atoms with Crippen LogP contribution in [0.1, 0.15) is 30.4 Å². The van der Waals surface area contributed by atoms with Crippen LogP contribution in [0.3, 0.4) is 0 Å². The Hall–Kier alpha value is -1.44. The van der Waals surface area contributed by atoms with Gasteiger partial charge in [-0.25, -0.2) is 13.1 Å². The van der Waals surface area contributed by atoms with Gasteiger partial charge < -0.3 is 9.84 Å². The Bertz CT molecular complexity index is 635. The monoisotopic (exact) mass is 327 g/mol. The lowest BCUT2D eigenvalue weighted by Gasteiger charge is -2.36. The lowest BCUT2D eigenvalue weighted by atomic mass is 9.88. The largest absolute Gasteiger partial charge is 0.481 e. The van der Waals surface area contributed by atoms with Crippen LogP contribution >= 0.6 is 0 Å². The zero-order chi connectivity index (χ0) is 16.2. The highest BCUT2D eigenvalue weighted by molar-refractivity contribution is 7.88. The van der Waals surface area contributed by atoms with Crippen molar-refractivity contribution < 1.29 is 23.1 Å². The van der Waals surface area contributed by atoms with Crippen LogP contribution in [0.25, 0.3) is 0 Å². The van der Waals surface area contributed by atoms with Crippen molar-refractivity contribution in [1.29, 1.82) is 0 Å². The number of benzene rings is 1. The molecule has 1 saturated heterocycles. The number of carboxylic acid groups (broad SMARTS) is 1. The number of ether oxygens (including phenoxy) is 1. The molecule has 0 aromatic heterocycles. The normalized spacial score (nSPS) is 18.0. The molecule has 0 unspecified atom stereocenters. The molecule has 6 nitrogen and oxygen atoms in total. The van der Waals surface area contributed by atoms with Crippen LogP contribution in [0.5, 0.6) is 0 Å². The molecule has 1 aromatic rings. The number of aryl methyl sites for hydroxylation is 1. The molecule has 1 aromatic carbocycles. The summed E-state index contributed by atoms with van der Waals surface area (Å²) < 4.78 is 32.8. The van der Waals surface area contributed by atoms with E-state index >= 15 is 0 Å². The Kier molecular flexibility index (Phi) is 5.20. The molecular formula is C15H21NO5S. The minimum Gasteiger partial charge on any atom is -0.481 e. The predicted molar refractivity (Wildman–Crippen MR) is 82.0 cm³/mol.